The van der Waals surface area contributed by atoms with Gasteiger partial charge >= 0.3 is 0 Å². The molecule has 1 aromatic heterocycles. The van der Waals surface area contributed by atoms with Crippen molar-refractivity contribution in [1.29, 1.82) is 0 Å². The average molecular weight is 333 g/mol. The third-order valence-corrected chi connectivity index (χ3v) is 5.22. The second-order valence-corrected chi connectivity index (χ2v) is 6.75. The average Bonchev–Trinajstić information content (AvgIpc) is 3.01. The summed E-state index contributed by atoms with van der Waals surface area (Å²) in [5, 5.41) is 2.63. The van der Waals surface area contributed by atoms with Crippen LogP contribution in [0.5, 0.6) is 0 Å². The van der Waals surface area contributed by atoms with Crippen molar-refractivity contribution in [1.82, 2.24) is 4.57 Å². The first-order valence-electron chi connectivity index (χ1n) is 8.94. The van der Waals surface area contributed by atoms with Crippen LogP contribution in [0.4, 0.5) is 0 Å². The van der Waals surface area contributed by atoms with Gasteiger partial charge in [0.25, 0.3) is 0 Å². The molecule has 0 aliphatic heterocycles. The smallest absolute Gasteiger partial charge is 0.0494 e. The van der Waals surface area contributed by atoms with Gasteiger partial charge in [0.1, 0.15) is 0 Å². The Bertz CT molecular complexity index is 1230. The molecule has 0 unspecified atom stereocenters. The molecule has 0 spiro atoms. The Kier molecular flexibility index (Phi) is 3.39. The zero-order valence-electron chi connectivity index (χ0n) is 14.7. The lowest BCUT2D eigenvalue weighted by molar-refractivity contribution is 1.01. The molecular weight excluding hydrogens is 314 g/mol. The first-order valence-corrected chi connectivity index (χ1v) is 8.94. The number of hydrogen-bond donors (Lipinski definition) is 0. The van der Waals surface area contributed by atoms with Crippen molar-refractivity contribution < 1.29 is 0 Å². The van der Waals surface area contributed by atoms with Crippen molar-refractivity contribution in [2.24, 2.45) is 7.05 Å². The molecule has 124 valence electrons. The SMILES string of the molecule is Cn1c2ccccc2c2ccc(-c3cccc(-c4ccccc4)c3)cc21. The van der Waals surface area contributed by atoms with Gasteiger partial charge in [0.15, 0.2) is 0 Å². The zero-order valence-corrected chi connectivity index (χ0v) is 14.7. The molecule has 0 N–H and O–H groups in total. The number of aromatic nitrogens is 1. The van der Waals surface area contributed by atoms with E-state index in [-0.39, 0.29) is 0 Å². The molecule has 4 aromatic carbocycles. The summed E-state index contributed by atoms with van der Waals surface area (Å²) in [5.74, 6) is 0. The number of aryl methyl sites for hydroxylation is 1. The summed E-state index contributed by atoms with van der Waals surface area (Å²) >= 11 is 0. The van der Waals surface area contributed by atoms with E-state index in [2.05, 4.69) is 109 Å². The molecule has 0 aliphatic carbocycles. The Morgan fingerprint density at radius 1 is 0.462 bits per heavy atom. The van der Waals surface area contributed by atoms with Crippen LogP contribution < -0.4 is 0 Å². The Morgan fingerprint density at radius 3 is 1.92 bits per heavy atom. The molecule has 0 radical (unpaired) electrons. The van der Waals surface area contributed by atoms with Gasteiger partial charge < -0.3 is 4.57 Å². The van der Waals surface area contributed by atoms with Crippen molar-refractivity contribution in [3.63, 3.8) is 0 Å². The van der Waals surface area contributed by atoms with Crippen LogP contribution in [0.25, 0.3) is 44.1 Å². The zero-order chi connectivity index (χ0) is 17.5. The van der Waals surface area contributed by atoms with Crippen LogP contribution in [0.3, 0.4) is 0 Å². The number of benzene rings is 4. The van der Waals surface area contributed by atoms with Crippen molar-refractivity contribution >= 4 is 21.8 Å². The van der Waals surface area contributed by atoms with Gasteiger partial charge in [-0.25, -0.2) is 0 Å². The van der Waals surface area contributed by atoms with Crippen LogP contribution in [0.1, 0.15) is 0 Å². The Morgan fingerprint density at radius 2 is 1.08 bits per heavy atom. The largest absolute Gasteiger partial charge is 0.344 e. The molecule has 5 rings (SSSR count). The maximum atomic E-state index is 2.30. The monoisotopic (exact) mass is 333 g/mol. The van der Waals surface area contributed by atoms with Gasteiger partial charge in [-0.15, -0.1) is 0 Å². The van der Waals surface area contributed by atoms with Gasteiger partial charge in [-0.3, -0.25) is 0 Å². The molecule has 0 amide bonds. The molecule has 0 bridgehead atoms. The number of rotatable bonds is 2. The molecule has 0 aliphatic rings. The fourth-order valence-corrected chi connectivity index (χ4v) is 3.85. The molecular formula is C25H19N. The second-order valence-electron chi connectivity index (χ2n) is 6.75. The number of nitrogens with zero attached hydrogens (tertiary/aromatic N) is 1. The molecule has 0 saturated carbocycles. The molecule has 1 nitrogen and oxygen atoms in total. The van der Waals surface area contributed by atoms with E-state index in [0.717, 1.165) is 0 Å². The van der Waals surface area contributed by atoms with E-state index in [9.17, 15) is 0 Å². The summed E-state index contributed by atoms with van der Waals surface area (Å²) in [6.07, 6.45) is 0. The highest BCUT2D eigenvalue weighted by molar-refractivity contribution is 6.08. The fraction of sp³-hybridized carbons (Fsp3) is 0.0400. The fourth-order valence-electron chi connectivity index (χ4n) is 3.85. The first kappa shape index (κ1) is 15.0. The summed E-state index contributed by atoms with van der Waals surface area (Å²) in [4.78, 5) is 0. The van der Waals surface area contributed by atoms with Crippen LogP contribution in [0.15, 0.2) is 97.1 Å². The van der Waals surface area contributed by atoms with Crippen LogP contribution in [0.2, 0.25) is 0 Å². The van der Waals surface area contributed by atoms with Crippen LogP contribution in [0, 0.1) is 0 Å². The molecule has 1 heteroatoms. The quantitative estimate of drug-likeness (QED) is 0.340. The number of fused-ring (bicyclic) bond motifs is 3. The van der Waals surface area contributed by atoms with Crippen LogP contribution >= 0.6 is 0 Å². The second kappa shape index (κ2) is 5.89. The lowest BCUT2D eigenvalue weighted by Gasteiger charge is -2.07. The Labute approximate surface area is 153 Å². The minimum absolute atomic E-state index is 1.25. The molecule has 0 fully saturated rings. The number of hydrogen-bond acceptors (Lipinski definition) is 0. The molecule has 5 aromatic rings. The molecule has 26 heavy (non-hydrogen) atoms. The van der Waals surface area contributed by atoms with Gasteiger partial charge in [-0.2, -0.15) is 0 Å². The van der Waals surface area contributed by atoms with E-state index >= 15 is 0 Å². The van der Waals surface area contributed by atoms with E-state index in [4.69, 9.17) is 0 Å². The number of para-hydroxylation sites is 1. The first-order chi connectivity index (χ1) is 12.8. The highest BCUT2D eigenvalue weighted by atomic mass is 14.9. The maximum Gasteiger partial charge on any atom is 0.0494 e. The van der Waals surface area contributed by atoms with Crippen LogP contribution in [-0.2, 0) is 7.05 Å². The van der Waals surface area contributed by atoms with E-state index in [0.29, 0.717) is 0 Å². The van der Waals surface area contributed by atoms with Gasteiger partial charge in [0.2, 0.25) is 0 Å². The predicted octanol–water partition coefficient (Wildman–Crippen LogP) is 6.67. The van der Waals surface area contributed by atoms with Crippen LogP contribution in [-0.4, -0.2) is 4.57 Å². The Hall–Kier alpha value is -3.32. The van der Waals surface area contributed by atoms with Gasteiger partial charge in [0.05, 0.1) is 0 Å². The minimum atomic E-state index is 1.25. The summed E-state index contributed by atoms with van der Waals surface area (Å²) in [6.45, 7) is 0. The van der Waals surface area contributed by atoms with Gasteiger partial charge in [-0.1, -0.05) is 78.9 Å². The summed E-state index contributed by atoms with van der Waals surface area (Å²) in [5.41, 5.74) is 7.55. The van der Waals surface area contributed by atoms with Gasteiger partial charge in [0, 0.05) is 28.9 Å². The third-order valence-electron chi connectivity index (χ3n) is 5.22. The van der Waals surface area contributed by atoms with E-state index in [1.807, 2.05) is 0 Å². The third kappa shape index (κ3) is 2.33. The predicted molar refractivity (Wildman–Crippen MR) is 111 cm³/mol. The minimum Gasteiger partial charge on any atom is -0.344 e. The molecule has 0 saturated heterocycles. The van der Waals surface area contributed by atoms with E-state index in [1.165, 1.54) is 44.1 Å². The summed E-state index contributed by atoms with van der Waals surface area (Å²) in [7, 11) is 2.15. The van der Waals surface area contributed by atoms with Gasteiger partial charge in [-0.05, 0) is 40.5 Å². The van der Waals surface area contributed by atoms with Crippen molar-refractivity contribution in [3.8, 4) is 22.3 Å². The van der Waals surface area contributed by atoms with Crippen molar-refractivity contribution in [2.75, 3.05) is 0 Å². The van der Waals surface area contributed by atoms with Crippen molar-refractivity contribution in [3.05, 3.63) is 97.1 Å². The lowest BCUT2D eigenvalue weighted by atomic mass is 9.98. The van der Waals surface area contributed by atoms with E-state index < -0.39 is 0 Å². The Balaban J connectivity index is 1.68. The maximum absolute atomic E-state index is 2.30. The lowest BCUT2D eigenvalue weighted by Crippen LogP contribution is -1.87. The summed E-state index contributed by atoms with van der Waals surface area (Å²) < 4.78 is 2.29. The standard InChI is InChI=1S/C25H19N/c1-26-24-13-6-5-12-22(24)23-15-14-21(17-25(23)26)20-11-7-10-19(16-20)18-8-3-2-4-9-18/h2-17H,1H3. The molecule has 0 atom stereocenters. The highest BCUT2D eigenvalue weighted by Gasteiger charge is 2.09. The molecule has 1 heterocycles. The van der Waals surface area contributed by atoms with Crippen molar-refractivity contribution in [2.45, 2.75) is 0 Å². The van der Waals surface area contributed by atoms with E-state index in [1.54, 1.807) is 0 Å². The highest BCUT2D eigenvalue weighted by Crippen LogP contribution is 2.32. The normalized spacial score (nSPS) is 11.3. The summed E-state index contributed by atoms with van der Waals surface area (Å²) in [6, 6.07) is 34.7. The topological polar surface area (TPSA) is 4.93 Å².